The third-order valence-corrected chi connectivity index (χ3v) is 2.68. The van der Waals surface area contributed by atoms with E-state index in [2.05, 4.69) is 5.16 Å². The number of hydrogen-bond donors (Lipinski definition) is 2. The third kappa shape index (κ3) is 2.95. The molecule has 0 saturated heterocycles. The molecular formula is C13H10ClFN2O2. The first-order chi connectivity index (χ1) is 9.11. The van der Waals surface area contributed by atoms with Crippen molar-refractivity contribution < 1.29 is 14.3 Å². The van der Waals surface area contributed by atoms with Crippen LogP contribution in [0.3, 0.4) is 0 Å². The van der Waals surface area contributed by atoms with Crippen molar-refractivity contribution in [2.45, 2.75) is 0 Å². The summed E-state index contributed by atoms with van der Waals surface area (Å²) in [6, 6.07) is 10.4. The lowest BCUT2D eigenvalue weighted by atomic mass is 10.2. The highest BCUT2D eigenvalue weighted by molar-refractivity contribution is 6.34. The number of halogens is 2. The van der Waals surface area contributed by atoms with Gasteiger partial charge in [0, 0.05) is 6.07 Å². The molecule has 0 saturated carbocycles. The van der Waals surface area contributed by atoms with Gasteiger partial charge in [-0.15, -0.1) is 0 Å². The molecular weight excluding hydrogens is 271 g/mol. The molecule has 0 atom stereocenters. The van der Waals surface area contributed by atoms with Crippen molar-refractivity contribution >= 4 is 17.4 Å². The standard InChI is InChI=1S/C13H10ClFN2O2/c14-10-5-2-6-11(12(10)13(16)17-18)19-9-4-1-3-8(15)7-9/h1-7,18H,(H2,16,17). The van der Waals surface area contributed by atoms with Crippen molar-refractivity contribution in [2.75, 3.05) is 0 Å². The summed E-state index contributed by atoms with van der Waals surface area (Å²) in [5.41, 5.74) is 5.79. The van der Waals surface area contributed by atoms with Gasteiger partial charge in [0.1, 0.15) is 17.3 Å². The van der Waals surface area contributed by atoms with E-state index < -0.39 is 5.82 Å². The molecule has 98 valence electrons. The fourth-order valence-corrected chi connectivity index (χ4v) is 1.81. The molecule has 0 aromatic heterocycles. The number of nitrogens with zero attached hydrogens (tertiary/aromatic N) is 1. The largest absolute Gasteiger partial charge is 0.456 e. The number of oxime groups is 1. The summed E-state index contributed by atoms with van der Waals surface area (Å²) in [5.74, 6) is -0.0514. The van der Waals surface area contributed by atoms with Crippen molar-refractivity contribution in [2.24, 2.45) is 10.9 Å². The number of benzene rings is 2. The number of hydrogen-bond acceptors (Lipinski definition) is 3. The predicted molar refractivity (Wildman–Crippen MR) is 70.4 cm³/mol. The SMILES string of the molecule is NC(=NO)c1c(Cl)cccc1Oc1cccc(F)c1. The molecule has 0 aliphatic rings. The van der Waals surface area contributed by atoms with Crippen LogP contribution < -0.4 is 10.5 Å². The Labute approximate surface area is 113 Å². The predicted octanol–water partition coefficient (Wildman–Crippen LogP) is 3.37. The topological polar surface area (TPSA) is 67.8 Å². The maximum absolute atomic E-state index is 13.1. The maximum Gasteiger partial charge on any atom is 0.175 e. The summed E-state index contributed by atoms with van der Waals surface area (Å²) in [7, 11) is 0. The van der Waals surface area contributed by atoms with E-state index in [-0.39, 0.29) is 27.9 Å². The zero-order chi connectivity index (χ0) is 13.8. The quantitative estimate of drug-likeness (QED) is 0.392. The van der Waals surface area contributed by atoms with Gasteiger partial charge >= 0.3 is 0 Å². The zero-order valence-electron chi connectivity index (χ0n) is 9.68. The Morgan fingerprint density at radius 3 is 2.68 bits per heavy atom. The Morgan fingerprint density at radius 2 is 2.00 bits per heavy atom. The fraction of sp³-hybridized carbons (Fsp3) is 0. The second-order valence-corrected chi connectivity index (χ2v) is 4.06. The Morgan fingerprint density at radius 1 is 1.26 bits per heavy atom. The van der Waals surface area contributed by atoms with Crippen LogP contribution in [0, 0.1) is 5.82 Å². The van der Waals surface area contributed by atoms with Crippen LogP contribution >= 0.6 is 11.6 Å². The van der Waals surface area contributed by atoms with Gasteiger partial charge in [-0.05, 0) is 24.3 Å². The van der Waals surface area contributed by atoms with Gasteiger partial charge in [0.05, 0.1) is 10.6 Å². The van der Waals surface area contributed by atoms with Crippen LogP contribution in [0.4, 0.5) is 4.39 Å². The third-order valence-electron chi connectivity index (χ3n) is 2.36. The van der Waals surface area contributed by atoms with E-state index >= 15 is 0 Å². The molecule has 0 aliphatic heterocycles. The summed E-state index contributed by atoms with van der Waals surface area (Å²) in [4.78, 5) is 0. The van der Waals surface area contributed by atoms with Crippen molar-refractivity contribution in [3.05, 3.63) is 58.9 Å². The van der Waals surface area contributed by atoms with E-state index in [1.807, 2.05) is 0 Å². The van der Waals surface area contributed by atoms with Gasteiger partial charge in [-0.1, -0.05) is 28.9 Å². The van der Waals surface area contributed by atoms with Crippen LogP contribution in [0.15, 0.2) is 47.6 Å². The van der Waals surface area contributed by atoms with Gasteiger partial charge in [0.2, 0.25) is 0 Å². The van der Waals surface area contributed by atoms with E-state index in [1.54, 1.807) is 24.3 Å². The van der Waals surface area contributed by atoms with E-state index in [0.29, 0.717) is 0 Å². The van der Waals surface area contributed by atoms with Crippen molar-refractivity contribution in [1.82, 2.24) is 0 Å². The molecule has 0 unspecified atom stereocenters. The Balaban J connectivity index is 2.43. The minimum atomic E-state index is -0.426. The van der Waals surface area contributed by atoms with Crippen LogP contribution in [0.25, 0.3) is 0 Å². The van der Waals surface area contributed by atoms with E-state index in [4.69, 9.17) is 27.3 Å². The van der Waals surface area contributed by atoms with Crippen LogP contribution in [-0.4, -0.2) is 11.0 Å². The lowest BCUT2D eigenvalue weighted by Gasteiger charge is -2.11. The average Bonchev–Trinajstić information content (AvgIpc) is 2.38. The number of rotatable bonds is 3. The van der Waals surface area contributed by atoms with Gasteiger partial charge in [-0.2, -0.15) is 0 Å². The van der Waals surface area contributed by atoms with Crippen LogP contribution in [0.2, 0.25) is 5.02 Å². The van der Waals surface area contributed by atoms with Crippen molar-refractivity contribution in [1.29, 1.82) is 0 Å². The van der Waals surface area contributed by atoms with Gasteiger partial charge in [-0.25, -0.2) is 4.39 Å². The Kier molecular flexibility index (Phi) is 3.87. The molecule has 0 fully saturated rings. The number of nitrogens with two attached hydrogens (primary N) is 1. The minimum absolute atomic E-state index is 0.183. The zero-order valence-corrected chi connectivity index (χ0v) is 10.4. The Bertz CT molecular complexity index is 632. The summed E-state index contributed by atoms with van der Waals surface area (Å²) in [6.07, 6.45) is 0. The molecule has 19 heavy (non-hydrogen) atoms. The molecule has 2 rings (SSSR count). The maximum atomic E-state index is 13.1. The highest BCUT2D eigenvalue weighted by Crippen LogP contribution is 2.30. The lowest BCUT2D eigenvalue weighted by molar-refractivity contribution is 0.318. The molecule has 4 nitrogen and oxygen atoms in total. The first-order valence-electron chi connectivity index (χ1n) is 5.31. The molecule has 2 aromatic rings. The highest BCUT2D eigenvalue weighted by Gasteiger charge is 2.13. The van der Waals surface area contributed by atoms with Crippen LogP contribution in [0.1, 0.15) is 5.56 Å². The summed E-state index contributed by atoms with van der Waals surface area (Å²) in [6.45, 7) is 0. The molecule has 0 amide bonds. The molecule has 0 aliphatic carbocycles. The number of amidine groups is 1. The van der Waals surface area contributed by atoms with E-state index in [9.17, 15) is 4.39 Å². The molecule has 3 N–H and O–H groups in total. The van der Waals surface area contributed by atoms with Gasteiger partial charge in [0.25, 0.3) is 0 Å². The molecule has 6 heteroatoms. The van der Waals surface area contributed by atoms with Crippen LogP contribution in [-0.2, 0) is 0 Å². The normalized spacial score (nSPS) is 11.4. The lowest BCUT2D eigenvalue weighted by Crippen LogP contribution is -2.14. The summed E-state index contributed by atoms with van der Waals surface area (Å²) in [5, 5.41) is 11.9. The monoisotopic (exact) mass is 280 g/mol. The first-order valence-corrected chi connectivity index (χ1v) is 5.69. The molecule has 2 aromatic carbocycles. The van der Waals surface area contributed by atoms with Crippen LogP contribution in [0.5, 0.6) is 11.5 Å². The second-order valence-electron chi connectivity index (χ2n) is 3.66. The molecule has 0 radical (unpaired) electrons. The summed E-state index contributed by atoms with van der Waals surface area (Å²) >= 11 is 5.97. The Hall–Kier alpha value is -2.27. The summed E-state index contributed by atoms with van der Waals surface area (Å²) < 4.78 is 18.6. The molecule has 0 heterocycles. The fourth-order valence-electron chi connectivity index (χ4n) is 1.55. The average molecular weight is 281 g/mol. The smallest absolute Gasteiger partial charge is 0.175 e. The van der Waals surface area contributed by atoms with Crippen molar-refractivity contribution in [3.8, 4) is 11.5 Å². The van der Waals surface area contributed by atoms with E-state index in [0.717, 1.165) is 0 Å². The van der Waals surface area contributed by atoms with Gasteiger partial charge < -0.3 is 15.7 Å². The molecule has 0 spiro atoms. The van der Waals surface area contributed by atoms with E-state index in [1.165, 1.54) is 18.2 Å². The molecule has 0 bridgehead atoms. The van der Waals surface area contributed by atoms with Gasteiger partial charge in [0.15, 0.2) is 5.84 Å². The van der Waals surface area contributed by atoms with Crippen molar-refractivity contribution in [3.63, 3.8) is 0 Å². The minimum Gasteiger partial charge on any atom is -0.456 e. The second kappa shape index (κ2) is 5.58. The highest BCUT2D eigenvalue weighted by atomic mass is 35.5. The first kappa shape index (κ1) is 13.2. The van der Waals surface area contributed by atoms with Gasteiger partial charge in [-0.3, -0.25) is 0 Å². The number of ether oxygens (including phenoxy) is 1.